The van der Waals surface area contributed by atoms with E-state index in [2.05, 4.69) is 28.1 Å². The number of pyridine rings is 1. The van der Waals surface area contributed by atoms with Crippen LogP contribution < -0.4 is 0 Å². The lowest BCUT2D eigenvalue weighted by molar-refractivity contribution is -0.133. The predicted octanol–water partition coefficient (Wildman–Crippen LogP) is 4.55. The Morgan fingerprint density at radius 2 is 1.76 bits per heavy atom. The summed E-state index contributed by atoms with van der Waals surface area (Å²) in [6.45, 7) is 5.10. The molecule has 0 aliphatic carbocycles. The molecule has 2 saturated heterocycles. The molecule has 33 heavy (non-hydrogen) atoms. The van der Waals surface area contributed by atoms with Crippen LogP contribution in [0.15, 0.2) is 48.8 Å². The molecule has 1 amide bonds. The Bertz CT molecular complexity index is 891. The largest absolute Gasteiger partial charge is 0.342 e. The third kappa shape index (κ3) is 7.23. The number of amides is 1. The molecule has 1 unspecified atom stereocenters. The van der Waals surface area contributed by atoms with Crippen molar-refractivity contribution in [1.82, 2.24) is 14.8 Å². The van der Waals surface area contributed by atoms with Crippen LogP contribution in [0.25, 0.3) is 0 Å². The first-order chi connectivity index (χ1) is 16.2. The predicted molar refractivity (Wildman–Crippen MR) is 131 cm³/mol. The SMILES string of the molecule is O=C(CC1CCCN(C(=O)CCCc2cccnc2)C1)c1ccc(CCN2CCCC2)cc1. The Morgan fingerprint density at radius 3 is 2.52 bits per heavy atom. The van der Waals surface area contributed by atoms with Crippen molar-refractivity contribution < 1.29 is 9.59 Å². The summed E-state index contributed by atoms with van der Waals surface area (Å²) in [5, 5.41) is 0. The molecule has 0 radical (unpaired) electrons. The summed E-state index contributed by atoms with van der Waals surface area (Å²) < 4.78 is 0. The number of rotatable bonds is 10. The van der Waals surface area contributed by atoms with Crippen LogP contribution in [0.4, 0.5) is 0 Å². The second-order valence-corrected chi connectivity index (χ2v) is 9.69. The van der Waals surface area contributed by atoms with E-state index in [-0.39, 0.29) is 17.6 Å². The highest BCUT2D eigenvalue weighted by Crippen LogP contribution is 2.23. The average Bonchev–Trinajstić information content (AvgIpc) is 3.38. The summed E-state index contributed by atoms with van der Waals surface area (Å²) in [6.07, 6.45) is 12.2. The van der Waals surface area contributed by atoms with Gasteiger partial charge in [-0.25, -0.2) is 0 Å². The number of benzene rings is 1. The van der Waals surface area contributed by atoms with Gasteiger partial charge in [0.25, 0.3) is 0 Å². The maximum Gasteiger partial charge on any atom is 0.222 e. The Balaban J connectivity index is 1.20. The summed E-state index contributed by atoms with van der Waals surface area (Å²) in [7, 11) is 0. The van der Waals surface area contributed by atoms with E-state index in [4.69, 9.17) is 0 Å². The van der Waals surface area contributed by atoms with Crippen molar-refractivity contribution >= 4 is 11.7 Å². The zero-order chi connectivity index (χ0) is 22.9. The molecule has 2 aromatic rings. The van der Waals surface area contributed by atoms with Crippen molar-refractivity contribution in [2.45, 2.75) is 57.8 Å². The summed E-state index contributed by atoms with van der Waals surface area (Å²) in [5.74, 6) is 0.693. The number of hydrogen-bond acceptors (Lipinski definition) is 4. The van der Waals surface area contributed by atoms with Gasteiger partial charge in [-0.1, -0.05) is 30.3 Å². The first-order valence-electron chi connectivity index (χ1n) is 12.7. The molecule has 2 fully saturated rings. The number of hydrogen-bond donors (Lipinski definition) is 0. The molecule has 3 heterocycles. The van der Waals surface area contributed by atoms with Crippen LogP contribution in [0, 0.1) is 5.92 Å². The molecule has 0 N–H and O–H groups in total. The lowest BCUT2D eigenvalue weighted by Crippen LogP contribution is -2.40. The maximum absolute atomic E-state index is 12.9. The van der Waals surface area contributed by atoms with Gasteiger partial charge in [0.15, 0.2) is 5.78 Å². The third-order valence-corrected chi connectivity index (χ3v) is 7.12. The van der Waals surface area contributed by atoms with Gasteiger partial charge in [-0.15, -0.1) is 0 Å². The van der Waals surface area contributed by atoms with Crippen LogP contribution in [0.5, 0.6) is 0 Å². The molecule has 2 aliphatic rings. The summed E-state index contributed by atoms with van der Waals surface area (Å²) >= 11 is 0. The molecule has 2 aliphatic heterocycles. The number of ketones is 1. The number of likely N-dealkylation sites (tertiary alicyclic amines) is 2. The zero-order valence-corrected chi connectivity index (χ0v) is 19.8. The fourth-order valence-corrected chi connectivity index (χ4v) is 5.14. The Morgan fingerprint density at radius 1 is 0.939 bits per heavy atom. The van der Waals surface area contributed by atoms with Crippen molar-refractivity contribution in [2.24, 2.45) is 5.92 Å². The van der Waals surface area contributed by atoms with Gasteiger partial charge in [0.2, 0.25) is 5.91 Å². The first-order valence-corrected chi connectivity index (χ1v) is 12.7. The highest BCUT2D eigenvalue weighted by molar-refractivity contribution is 5.96. The van der Waals surface area contributed by atoms with Gasteiger partial charge in [-0.2, -0.15) is 0 Å². The van der Waals surface area contributed by atoms with Crippen molar-refractivity contribution in [2.75, 3.05) is 32.7 Å². The van der Waals surface area contributed by atoms with Crippen molar-refractivity contribution in [3.05, 3.63) is 65.5 Å². The minimum Gasteiger partial charge on any atom is -0.342 e. The molecular formula is C28H37N3O2. The quantitative estimate of drug-likeness (QED) is 0.501. The number of aryl methyl sites for hydroxylation is 1. The zero-order valence-electron chi connectivity index (χ0n) is 19.8. The normalized spacial score (nSPS) is 19.0. The van der Waals surface area contributed by atoms with E-state index in [0.29, 0.717) is 19.4 Å². The van der Waals surface area contributed by atoms with Gasteiger partial charge < -0.3 is 9.80 Å². The minimum absolute atomic E-state index is 0.206. The molecule has 1 atom stereocenters. The Kier molecular flexibility index (Phi) is 8.65. The number of aromatic nitrogens is 1. The van der Waals surface area contributed by atoms with Crippen LogP contribution in [0.1, 0.15) is 66.4 Å². The van der Waals surface area contributed by atoms with Crippen molar-refractivity contribution in [1.29, 1.82) is 0 Å². The van der Waals surface area contributed by atoms with Crippen molar-refractivity contribution in [3.63, 3.8) is 0 Å². The molecule has 5 heteroatoms. The number of nitrogens with zero attached hydrogens (tertiary/aromatic N) is 3. The second-order valence-electron chi connectivity index (χ2n) is 9.69. The highest BCUT2D eigenvalue weighted by atomic mass is 16.2. The van der Waals surface area contributed by atoms with Crippen LogP contribution in [0.3, 0.4) is 0 Å². The van der Waals surface area contributed by atoms with E-state index < -0.39 is 0 Å². The Hall–Kier alpha value is -2.53. The highest BCUT2D eigenvalue weighted by Gasteiger charge is 2.25. The first kappa shape index (κ1) is 23.6. The maximum atomic E-state index is 12.9. The molecule has 4 rings (SSSR count). The molecule has 1 aromatic carbocycles. The van der Waals surface area contributed by atoms with E-state index in [1.165, 1.54) is 37.1 Å². The molecule has 0 spiro atoms. The van der Waals surface area contributed by atoms with Gasteiger partial charge in [-0.05, 0) is 81.1 Å². The molecule has 5 nitrogen and oxygen atoms in total. The van der Waals surface area contributed by atoms with Crippen LogP contribution in [-0.2, 0) is 17.6 Å². The standard InChI is InChI=1S/C28H37N3O2/c32-27(26-12-10-23(11-13-26)14-19-30-16-1-2-17-30)20-25-8-5-18-31(22-25)28(33)9-3-6-24-7-4-15-29-21-24/h4,7,10-13,15,21,25H,1-3,5-6,8-9,14,16-20,22H2. The van der Waals surface area contributed by atoms with Gasteiger partial charge in [-0.3, -0.25) is 14.6 Å². The lowest BCUT2D eigenvalue weighted by atomic mass is 9.90. The summed E-state index contributed by atoms with van der Waals surface area (Å²) in [4.78, 5) is 34.2. The summed E-state index contributed by atoms with van der Waals surface area (Å²) in [6, 6.07) is 12.2. The third-order valence-electron chi connectivity index (χ3n) is 7.12. The molecule has 0 saturated carbocycles. The number of piperidine rings is 1. The molecule has 0 bridgehead atoms. The van der Waals surface area contributed by atoms with Gasteiger partial charge in [0.1, 0.15) is 0 Å². The molecule has 1 aromatic heterocycles. The second kappa shape index (κ2) is 12.1. The van der Waals surface area contributed by atoms with E-state index in [1.807, 2.05) is 29.3 Å². The van der Waals surface area contributed by atoms with Gasteiger partial charge >= 0.3 is 0 Å². The van der Waals surface area contributed by atoms with Gasteiger partial charge in [0, 0.05) is 50.4 Å². The number of carbonyl (C=O) groups excluding carboxylic acids is 2. The van der Waals surface area contributed by atoms with E-state index in [0.717, 1.165) is 50.8 Å². The van der Waals surface area contributed by atoms with Crippen molar-refractivity contribution in [3.8, 4) is 0 Å². The van der Waals surface area contributed by atoms with Crippen LogP contribution in [-0.4, -0.2) is 59.2 Å². The monoisotopic (exact) mass is 447 g/mol. The summed E-state index contributed by atoms with van der Waals surface area (Å²) in [5.41, 5.74) is 3.29. The molecule has 176 valence electrons. The minimum atomic E-state index is 0.206. The van der Waals surface area contributed by atoms with E-state index in [1.54, 1.807) is 6.20 Å². The van der Waals surface area contributed by atoms with Crippen LogP contribution >= 0.6 is 0 Å². The fourth-order valence-electron chi connectivity index (χ4n) is 5.14. The smallest absolute Gasteiger partial charge is 0.222 e. The van der Waals surface area contributed by atoms with Crippen LogP contribution in [0.2, 0.25) is 0 Å². The topological polar surface area (TPSA) is 53.5 Å². The van der Waals surface area contributed by atoms with E-state index >= 15 is 0 Å². The fraction of sp³-hybridized carbons (Fsp3) is 0.536. The molecular weight excluding hydrogens is 410 g/mol. The van der Waals surface area contributed by atoms with Gasteiger partial charge in [0.05, 0.1) is 0 Å². The number of Topliss-reactive ketones (excluding diaryl/α,β-unsaturated/α-hetero) is 1. The lowest BCUT2D eigenvalue weighted by Gasteiger charge is -2.32. The average molecular weight is 448 g/mol. The Labute approximate surface area is 198 Å². The van der Waals surface area contributed by atoms with E-state index in [9.17, 15) is 9.59 Å². The number of carbonyl (C=O) groups is 2.